The van der Waals surface area contributed by atoms with Gasteiger partial charge in [-0.05, 0) is 93.1 Å². The second-order valence-electron chi connectivity index (χ2n) is 7.62. The largest absolute Gasteiger partial charge is 0.494 e. The van der Waals surface area contributed by atoms with Crippen molar-refractivity contribution in [2.75, 3.05) is 29.9 Å². The van der Waals surface area contributed by atoms with E-state index in [2.05, 4.69) is 10.0 Å². The zero-order chi connectivity index (χ0) is 26.1. The zero-order valence-corrected chi connectivity index (χ0v) is 21.1. The van der Waals surface area contributed by atoms with Crippen molar-refractivity contribution in [3.8, 4) is 11.5 Å². The fraction of sp³-hybridized carbons (Fsp3) is 0.231. The van der Waals surface area contributed by atoms with Gasteiger partial charge in [-0.2, -0.15) is 0 Å². The third-order valence-corrected chi connectivity index (χ3v) is 6.29. The molecule has 3 aromatic rings. The number of rotatable bonds is 11. The minimum atomic E-state index is -3.82. The van der Waals surface area contributed by atoms with Crippen LogP contribution >= 0.6 is 0 Å². The van der Waals surface area contributed by atoms with E-state index in [4.69, 9.17) is 14.2 Å². The summed E-state index contributed by atoms with van der Waals surface area (Å²) in [6, 6.07) is 17.3. The van der Waals surface area contributed by atoms with Gasteiger partial charge in [-0.25, -0.2) is 13.2 Å². The van der Waals surface area contributed by atoms with Crippen molar-refractivity contribution in [2.45, 2.75) is 25.7 Å². The summed E-state index contributed by atoms with van der Waals surface area (Å²) in [5.41, 5.74) is 1.84. The van der Waals surface area contributed by atoms with Crippen LogP contribution in [0.15, 0.2) is 71.6 Å². The molecule has 0 bridgehead atoms. The van der Waals surface area contributed by atoms with Crippen molar-refractivity contribution in [3.05, 3.63) is 77.9 Å². The van der Waals surface area contributed by atoms with Gasteiger partial charge in [0.2, 0.25) is 0 Å². The molecule has 0 saturated carbocycles. The average Bonchev–Trinajstić information content (AvgIpc) is 2.85. The number of carbonyl (C=O) groups excluding carboxylic acids is 2. The summed E-state index contributed by atoms with van der Waals surface area (Å²) in [6.45, 7) is 5.80. The lowest BCUT2D eigenvalue weighted by molar-refractivity contribution is -0.118. The molecule has 0 saturated heterocycles. The summed E-state index contributed by atoms with van der Waals surface area (Å²) in [4.78, 5) is 24.0. The number of benzene rings is 3. The predicted octanol–water partition coefficient (Wildman–Crippen LogP) is 4.39. The lowest BCUT2D eigenvalue weighted by atomic mass is 10.2. The molecule has 3 aromatic carbocycles. The first-order chi connectivity index (χ1) is 17.2. The van der Waals surface area contributed by atoms with Gasteiger partial charge in [-0.1, -0.05) is 0 Å². The van der Waals surface area contributed by atoms with Crippen LogP contribution in [0.5, 0.6) is 11.5 Å². The van der Waals surface area contributed by atoms with Crippen molar-refractivity contribution >= 4 is 33.3 Å². The third kappa shape index (κ3) is 7.22. The molecule has 0 heterocycles. The van der Waals surface area contributed by atoms with Gasteiger partial charge < -0.3 is 19.5 Å². The Bertz CT molecular complexity index is 1310. The van der Waals surface area contributed by atoms with E-state index < -0.39 is 21.9 Å². The van der Waals surface area contributed by atoms with Crippen molar-refractivity contribution in [1.82, 2.24) is 0 Å². The number of aryl methyl sites for hydroxylation is 1. The number of esters is 1. The number of amides is 1. The van der Waals surface area contributed by atoms with Gasteiger partial charge in [0.05, 0.1) is 23.7 Å². The molecule has 3 rings (SSSR count). The minimum Gasteiger partial charge on any atom is -0.494 e. The van der Waals surface area contributed by atoms with Gasteiger partial charge in [0.15, 0.2) is 6.61 Å². The molecule has 190 valence electrons. The van der Waals surface area contributed by atoms with Crippen molar-refractivity contribution < 1.29 is 32.2 Å². The van der Waals surface area contributed by atoms with Crippen molar-refractivity contribution in [3.63, 3.8) is 0 Å². The first-order valence-electron chi connectivity index (χ1n) is 11.3. The molecule has 0 radical (unpaired) electrons. The monoisotopic (exact) mass is 512 g/mol. The van der Waals surface area contributed by atoms with E-state index in [-0.39, 0.29) is 18.1 Å². The van der Waals surface area contributed by atoms with Gasteiger partial charge in [-0.3, -0.25) is 9.52 Å². The summed E-state index contributed by atoms with van der Waals surface area (Å²) in [5.74, 6) is 0.180. The van der Waals surface area contributed by atoms with E-state index in [9.17, 15) is 18.0 Å². The van der Waals surface area contributed by atoms with Gasteiger partial charge in [-0.15, -0.1) is 0 Å². The van der Waals surface area contributed by atoms with Crippen LogP contribution in [-0.4, -0.2) is 40.1 Å². The smallest absolute Gasteiger partial charge is 0.338 e. The van der Waals surface area contributed by atoms with Crippen LogP contribution < -0.4 is 19.5 Å². The van der Waals surface area contributed by atoms with E-state index in [1.807, 2.05) is 6.92 Å². The molecule has 0 aliphatic rings. The Morgan fingerprint density at radius 3 is 2.11 bits per heavy atom. The van der Waals surface area contributed by atoms with Crippen LogP contribution in [-0.2, 0) is 19.6 Å². The fourth-order valence-corrected chi connectivity index (χ4v) is 4.34. The molecule has 9 nitrogen and oxygen atoms in total. The predicted molar refractivity (Wildman–Crippen MR) is 136 cm³/mol. The SMILES string of the molecule is CCOC(=O)c1ccc(NC(=O)COc2ccc(S(=O)(=O)Nc3ccc(OCC)cc3)cc2C)cc1. The first kappa shape index (κ1) is 26.6. The van der Waals surface area contributed by atoms with Crippen LogP contribution in [0.1, 0.15) is 29.8 Å². The molecule has 1 amide bonds. The minimum absolute atomic E-state index is 0.0624. The summed E-state index contributed by atoms with van der Waals surface area (Å²) < 4.78 is 43.9. The highest BCUT2D eigenvalue weighted by atomic mass is 32.2. The Kier molecular flexibility index (Phi) is 8.91. The number of nitrogens with one attached hydrogen (secondary N) is 2. The Hall–Kier alpha value is -4.05. The number of sulfonamides is 1. The molecule has 0 unspecified atom stereocenters. The van der Waals surface area contributed by atoms with Crippen LogP contribution in [0.3, 0.4) is 0 Å². The van der Waals surface area contributed by atoms with E-state index in [0.717, 1.165) is 0 Å². The van der Waals surface area contributed by atoms with Crippen molar-refractivity contribution in [2.24, 2.45) is 0 Å². The van der Waals surface area contributed by atoms with Gasteiger partial charge in [0.25, 0.3) is 15.9 Å². The highest BCUT2D eigenvalue weighted by molar-refractivity contribution is 7.92. The molecule has 0 spiro atoms. The zero-order valence-electron chi connectivity index (χ0n) is 20.2. The second kappa shape index (κ2) is 12.1. The van der Waals surface area contributed by atoms with E-state index in [1.165, 1.54) is 18.2 Å². The Balaban J connectivity index is 1.57. The standard InChI is InChI=1S/C26H28N2O7S/c1-4-33-22-12-10-21(11-13-22)28-36(31,32)23-14-15-24(18(3)16-23)35-17-25(29)27-20-8-6-19(7-9-20)26(30)34-5-2/h6-16,28H,4-5,17H2,1-3H3,(H,27,29). The molecule has 0 aromatic heterocycles. The van der Waals surface area contributed by atoms with E-state index in [0.29, 0.717) is 40.6 Å². The molecule has 0 atom stereocenters. The van der Waals surface area contributed by atoms with Crippen LogP contribution in [0.25, 0.3) is 0 Å². The van der Waals surface area contributed by atoms with Gasteiger partial charge >= 0.3 is 5.97 Å². The van der Waals surface area contributed by atoms with Gasteiger partial charge in [0.1, 0.15) is 11.5 Å². The summed E-state index contributed by atoms with van der Waals surface area (Å²) in [5, 5.41) is 2.67. The summed E-state index contributed by atoms with van der Waals surface area (Å²) in [7, 11) is -3.82. The number of hydrogen-bond acceptors (Lipinski definition) is 7. The maximum Gasteiger partial charge on any atom is 0.338 e. The lowest BCUT2D eigenvalue weighted by Gasteiger charge is -2.13. The topological polar surface area (TPSA) is 120 Å². The number of carbonyl (C=O) groups is 2. The number of hydrogen-bond donors (Lipinski definition) is 2. The Labute approximate surface area is 210 Å². The second-order valence-corrected chi connectivity index (χ2v) is 9.31. The summed E-state index contributed by atoms with van der Waals surface area (Å²) >= 11 is 0. The molecule has 36 heavy (non-hydrogen) atoms. The van der Waals surface area contributed by atoms with Crippen LogP contribution in [0.2, 0.25) is 0 Å². The maximum absolute atomic E-state index is 12.8. The molecule has 2 N–H and O–H groups in total. The molecular weight excluding hydrogens is 484 g/mol. The molecule has 10 heteroatoms. The molecule has 0 aliphatic heterocycles. The van der Waals surface area contributed by atoms with E-state index >= 15 is 0 Å². The van der Waals surface area contributed by atoms with Crippen molar-refractivity contribution in [1.29, 1.82) is 0 Å². The average molecular weight is 513 g/mol. The lowest BCUT2D eigenvalue weighted by Crippen LogP contribution is -2.20. The van der Waals surface area contributed by atoms with Crippen LogP contribution in [0, 0.1) is 6.92 Å². The molecular formula is C26H28N2O7S. The number of anilines is 2. The normalized spacial score (nSPS) is 10.9. The summed E-state index contributed by atoms with van der Waals surface area (Å²) in [6.07, 6.45) is 0. The maximum atomic E-state index is 12.8. The van der Waals surface area contributed by atoms with E-state index in [1.54, 1.807) is 62.4 Å². The van der Waals surface area contributed by atoms with Crippen LogP contribution in [0.4, 0.5) is 11.4 Å². The quantitative estimate of drug-likeness (QED) is 0.366. The fourth-order valence-electron chi connectivity index (χ4n) is 3.20. The number of ether oxygens (including phenoxy) is 3. The van der Waals surface area contributed by atoms with Gasteiger partial charge in [0, 0.05) is 11.4 Å². The first-order valence-corrected chi connectivity index (χ1v) is 12.8. The third-order valence-electron chi connectivity index (χ3n) is 4.91. The molecule has 0 aliphatic carbocycles. The Morgan fingerprint density at radius 2 is 1.50 bits per heavy atom. The Morgan fingerprint density at radius 1 is 0.833 bits per heavy atom. The highest BCUT2D eigenvalue weighted by Crippen LogP contribution is 2.24. The highest BCUT2D eigenvalue weighted by Gasteiger charge is 2.16. The molecule has 0 fully saturated rings.